The van der Waals surface area contributed by atoms with Crippen molar-refractivity contribution in [2.24, 2.45) is 17.8 Å². The molecule has 0 aromatic heterocycles. The summed E-state index contributed by atoms with van der Waals surface area (Å²) >= 11 is 0. The monoisotopic (exact) mass is 268 g/mol. The van der Waals surface area contributed by atoms with Crippen LogP contribution < -0.4 is 0 Å². The van der Waals surface area contributed by atoms with Crippen LogP contribution in [0, 0.1) is 17.8 Å². The summed E-state index contributed by atoms with van der Waals surface area (Å²) in [4.78, 5) is 12.2. The molecule has 1 saturated carbocycles. The predicted octanol–water partition coefficient (Wildman–Crippen LogP) is 3.56. The predicted molar refractivity (Wildman–Crippen MR) is 74.8 cm³/mol. The zero-order valence-corrected chi connectivity index (χ0v) is 13.0. The molecule has 1 aliphatic carbocycles. The topological polar surface area (TPSA) is 38.8 Å². The van der Waals surface area contributed by atoms with E-state index in [0.717, 1.165) is 31.1 Å². The molecule has 0 aromatic rings. The number of hydrogen-bond donors (Lipinski definition) is 0. The van der Waals surface area contributed by atoms with Gasteiger partial charge >= 0.3 is 5.97 Å². The Morgan fingerprint density at radius 2 is 1.89 bits per heavy atom. The minimum absolute atomic E-state index is 0.175. The van der Waals surface area contributed by atoms with Crippen LogP contribution in [0.5, 0.6) is 0 Å². The van der Waals surface area contributed by atoms with Crippen molar-refractivity contribution < 1.29 is 14.3 Å². The highest BCUT2D eigenvalue weighted by Crippen LogP contribution is 2.60. The fourth-order valence-corrected chi connectivity index (χ4v) is 4.02. The van der Waals surface area contributed by atoms with Crippen molar-refractivity contribution in [3.63, 3.8) is 0 Å². The number of rotatable bonds is 3. The number of epoxide rings is 1. The number of esters is 1. The minimum Gasteiger partial charge on any atom is -0.467 e. The van der Waals surface area contributed by atoms with Crippen LogP contribution in [-0.4, -0.2) is 24.3 Å². The van der Waals surface area contributed by atoms with E-state index in [-0.39, 0.29) is 17.5 Å². The summed E-state index contributed by atoms with van der Waals surface area (Å²) in [6.07, 6.45) is 5.60. The van der Waals surface area contributed by atoms with E-state index in [2.05, 4.69) is 27.7 Å². The Balaban J connectivity index is 2.15. The molecule has 0 bridgehead atoms. The number of hydrogen-bond acceptors (Lipinski definition) is 3. The van der Waals surface area contributed by atoms with Crippen molar-refractivity contribution in [1.82, 2.24) is 0 Å². The van der Waals surface area contributed by atoms with Crippen LogP contribution in [0.4, 0.5) is 0 Å². The first-order valence-electron chi connectivity index (χ1n) is 7.68. The first kappa shape index (κ1) is 14.8. The summed E-state index contributed by atoms with van der Waals surface area (Å²) in [5.74, 6) is 1.49. The zero-order chi connectivity index (χ0) is 14.3. The molecule has 1 heterocycles. The summed E-state index contributed by atoms with van der Waals surface area (Å²) in [7, 11) is 1.47. The van der Waals surface area contributed by atoms with Crippen LogP contribution in [-0.2, 0) is 14.3 Å². The Kier molecular flexibility index (Phi) is 3.97. The van der Waals surface area contributed by atoms with Crippen LogP contribution >= 0.6 is 0 Å². The minimum atomic E-state index is -0.673. The molecule has 3 unspecified atom stereocenters. The van der Waals surface area contributed by atoms with Crippen LogP contribution in [0.15, 0.2) is 0 Å². The fraction of sp³-hybridized carbons (Fsp3) is 0.938. The number of carbonyl (C=O) groups excluding carboxylic acids is 1. The van der Waals surface area contributed by atoms with E-state index in [1.54, 1.807) is 0 Å². The van der Waals surface area contributed by atoms with Gasteiger partial charge in [0.05, 0.1) is 7.11 Å². The summed E-state index contributed by atoms with van der Waals surface area (Å²) in [5, 5.41) is 0. The summed E-state index contributed by atoms with van der Waals surface area (Å²) < 4.78 is 11.1. The molecular formula is C16H28O3. The van der Waals surface area contributed by atoms with E-state index in [0.29, 0.717) is 0 Å². The van der Waals surface area contributed by atoms with Crippen molar-refractivity contribution in [1.29, 1.82) is 0 Å². The third-order valence-electron chi connectivity index (χ3n) is 5.31. The Labute approximate surface area is 117 Å². The highest BCUT2D eigenvalue weighted by Gasteiger charge is 2.75. The van der Waals surface area contributed by atoms with Gasteiger partial charge in [0, 0.05) is 0 Å². The Morgan fingerprint density at radius 3 is 2.42 bits per heavy atom. The first-order valence-corrected chi connectivity index (χ1v) is 7.68. The Bertz CT molecular complexity index is 350. The van der Waals surface area contributed by atoms with Gasteiger partial charge in [-0.3, -0.25) is 0 Å². The number of methoxy groups -OCH3 is 1. The Hall–Kier alpha value is -0.570. The molecule has 2 fully saturated rings. The summed E-state index contributed by atoms with van der Waals surface area (Å²) in [6, 6.07) is 0. The normalized spacial score (nSPS) is 38.6. The van der Waals surface area contributed by atoms with Crippen molar-refractivity contribution in [3.05, 3.63) is 0 Å². The number of carbonyl (C=O) groups is 1. The SMILES string of the molecule is COC(=O)C1(C(C)C)OC12CCCC(C(C)C)CC2. The van der Waals surface area contributed by atoms with Crippen LogP contribution in [0.2, 0.25) is 0 Å². The van der Waals surface area contributed by atoms with Gasteiger partial charge < -0.3 is 9.47 Å². The lowest BCUT2D eigenvalue weighted by molar-refractivity contribution is -0.148. The van der Waals surface area contributed by atoms with E-state index in [4.69, 9.17) is 9.47 Å². The average molecular weight is 268 g/mol. The highest BCUT2D eigenvalue weighted by atomic mass is 16.7. The molecule has 3 nitrogen and oxygen atoms in total. The maximum Gasteiger partial charge on any atom is 0.341 e. The van der Waals surface area contributed by atoms with Gasteiger partial charge in [0.15, 0.2) is 5.60 Å². The van der Waals surface area contributed by atoms with Gasteiger partial charge in [-0.2, -0.15) is 0 Å². The van der Waals surface area contributed by atoms with Crippen LogP contribution in [0.25, 0.3) is 0 Å². The zero-order valence-electron chi connectivity index (χ0n) is 13.0. The molecule has 3 heteroatoms. The molecule has 3 atom stereocenters. The summed E-state index contributed by atoms with van der Waals surface area (Å²) in [6.45, 7) is 8.73. The second kappa shape index (κ2) is 5.08. The molecule has 0 radical (unpaired) electrons. The molecule has 110 valence electrons. The molecule has 0 aromatic carbocycles. The standard InChI is InChI=1S/C16H28O3/c1-11(2)13-7-6-9-15(10-8-13)16(19-15,12(3)4)14(17)18-5/h11-13H,6-10H2,1-5H3. The van der Waals surface area contributed by atoms with Gasteiger partial charge in [-0.25, -0.2) is 4.79 Å². The maximum atomic E-state index is 12.2. The second-order valence-corrected chi connectivity index (χ2v) is 6.91. The van der Waals surface area contributed by atoms with E-state index in [9.17, 15) is 4.79 Å². The Morgan fingerprint density at radius 1 is 1.21 bits per heavy atom. The lowest BCUT2D eigenvalue weighted by atomic mass is 9.78. The number of ether oxygens (including phenoxy) is 2. The molecule has 1 aliphatic heterocycles. The van der Waals surface area contributed by atoms with Crippen molar-refractivity contribution in [2.75, 3.05) is 7.11 Å². The van der Waals surface area contributed by atoms with Crippen molar-refractivity contribution in [3.8, 4) is 0 Å². The second-order valence-electron chi connectivity index (χ2n) is 6.91. The van der Waals surface area contributed by atoms with Gasteiger partial charge in [-0.1, -0.05) is 40.5 Å². The summed E-state index contributed by atoms with van der Waals surface area (Å²) in [5.41, 5.74) is -0.911. The smallest absolute Gasteiger partial charge is 0.341 e. The molecule has 0 amide bonds. The third-order valence-corrected chi connectivity index (χ3v) is 5.31. The van der Waals surface area contributed by atoms with Gasteiger partial charge in [-0.15, -0.1) is 0 Å². The van der Waals surface area contributed by atoms with Gasteiger partial charge in [0.2, 0.25) is 0 Å². The van der Waals surface area contributed by atoms with Crippen molar-refractivity contribution in [2.45, 2.75) is 71.0 Å². The molecule has 2 rings (SSSR count). The quantitative estimate of drug-likeness (QED) is 0.580. The third kappa shape index (κ3) is 2.20. The highest BCUT2D eigenvalue weighted by molar-refractivity contribution is 5.85. The molecule has 1 spiro atoms. The fourth-order valence-electron chi connectivity index (χ4n) is 4.02. The first-order chi connectivity index (χ1) is 8.89. The molecule has 2 aliphatic rings. The largest absolute Gasteiger partial charge is 0.467 e. The van der Waals surface area contributed by atoms with E-state index >= 15 is 0 Å². The van der Waals surface area contributed by atoms with Crippen LogP contribution in [0.1, 0.15) is 59.8 Å². The van der Waals surface area contributed by atoms with E-state index in [1.807, 2.05) is 0 Å². The lowest BCUT2D eigenvalue weighted by Gasteiger charge is -2.21. The van der Waals surface area contributed by atoms with Crippen molar-refractivity contribution >= 4 is 5.97 Å². The maximum absolute atomic E-state index is 12.2. The van der Waals surface area contributed by atoms with Gasteiger partial charge in [-0.05, 0) is 37.0 Å². The molecule has 19 heavy (non-hydrogen) atoms. The average Bonchev–Trinajstić information content (AvgIpc) is 3.07. The van der Waals surface area contributed by atoms with Gasteiger partial charge in [0.25, 0.3) is 0 Å². The lowest BCUT2D eigenvalue weighted by Crippen LogP contribution is -2.39. The molecule has 1 saturated heterocycles. The van der Waals surface area contributed by atoms with E-state index < -0.39 is 5.60 Å². The van der Waals surface area contributed by atoms with Gasteiger partial charge in [0.1, 0.15) is 5.60 Å². The molecule has 0 N–H and O–H groups in total. The van der Waals surface area contributed by atoms with Crippen LogP contribution in [0.3, 0.4) is 0 Å². The molecular weight excluding hydrogens is 240 g/mol. The van der Waals surface area contributed by atoms with E-state index in [1.165, 1.54) is 20.0 Å².